The van der Waals surface area contributed by atoms with Crippen LogP contribution in [0.3, 0.4) is 0 Å². The maximum absolute atomic E-state index is 12.4. The van der Waals surface area contributed by atoms with Gasteiger partial charge in [0.1, 0.15) is 0 Å². The molecule has 1 aliphatic carbocycles. The molecule has 1 saturated heterocycles. The van der Waals surface area contributed by atoms with Gasteiger partial charge >= 0.3 is 5.97 Å². The monoisotopic (exact) mass is 365 g/mol. The number of aliphatic carboxylic acids is 1. The summed E-state index contributed by atoms with van der Waals surface area (Å²) < 4.78 is 1.03. The highest BCUT2D eigenvalue weighted by molar-refractivity contribution is 9.10. The summed E-state index contributed by atoms with van der Waals surface area (Å²) in [5.74, 6) is -0.360. The number of amides is 1. The number of halogens is 1. The van der Waals surface area contributed by atoms with Crippen LogP contribution >= 0.6 is 15.9 Å². The van der Waals surface area contributed by atoms with E-state index in [1.807, 2.05) is 24.3 Å². The molecule has 1 heterocycles. The first kappa shape index (κ1) is 15.5. The molecule has 1 aromatic carbocycles. The number of benzene rings is 1. The zero-order chi connectivity index (χ0) is 15.7. The Hall–Kier alpha value is -1.36. The predicted molar refractivity (Wildman–Crippen MR) is 86.4 cm³/mol. The second-order valence-electron chi connectivity index (χ2n) is 6.37. The molecule has 2 fully saturated rings. The normalized spacial score (nSPS) is 24.5. The molecular weight excluding hydrogens is 346 g/mol. The van der Waals surface area contributed by atoms with Gasteiger partial charge in [0, 0.05) is 24.0 Å². The first-order valence-electron chi connectivity index (χ1n) is 7.79. The molecule has 5 heteroatoms. The minimum Gasteiger partial charge on any atom is -0.481 e. The fourth-order valence-corrected chi connectivity index (χ4v) is 3.62. The van der Waals surface area contributed by atoms with E-state index in [0.717, 1.165) is 22.9 Å². The number of nitrogens with zero attached hydrogens (tertiary/aromatic N) is 1. The number of carboxylic acid groups (broad SMARTS) is 1. The molecule has 22 heavy (non-hydrogen) atoms. The van der Waals surface area contributed by atoms with Crippen molar-refractivity contribution in [1.29, 1.82) is 0 Å². The van der Waals surface area contributed by atoms with Gasteiger partial charge < -0.3 is 10.0 Å². The fourth-order valence-electron chi connectivity index (χ4n) is 3.36. The molecule has 1 aliphatic heterocycles. The van der Waals surface area contributed by atoms with Crippen molar-refractivity contribution in [3.8, 4) is 0 Å². The highest BCUT2D eigenvalue weighted by atomic mass is 79.9. The van der Waals surface area contributed by atoms with Crippen molar-refractivity contribution in [3.05, 3.63) is 34.3 Å². The molecule has 118 valence electrons. The zero-order valence-corrected chi connectivity index (χ0v) is 14.0. The van der Waals surface area contributed by atoms with Crippen LogP contribution in [-0.2, 0) is 16.0 Å². The van der Waals surface area contributed by atoms with Crippen molar-refractivity contribution >= 4 is 27.8 Å². The van der Waals surface area contributed by atoms with Crippen LogP contribution in [0.4, 0.5) is 0 Å². The van der Waals surface area contributed by atoms with Gasteiger partial charge in [0.05, 0.1) is 5.92 Å². The third-order valence-corrected chi connectivity index (χ3v) is 5.33. The van der Waals surface area contributed by atoms with Gasteiger partial charge in [-0.1, -0.05) is 28.1 Å². The van der Waals surface area contributed by atoms with Gasteiger partial charge in [-0.2, -0.15) is 0 Å². The largest absolute Gasteiger partial charge is 0.481 e. The Kier molecular flexibility index (Phi) is 4.52. The quantitative estimate of drug-likeness (QED) is 0.872. The predicted octanol–water partition coefficient (Wildman–Crippen LogP) is 2.95. The number of carboxylic acids is 1. The Bertz CT molecular complexity index is 568. The summed E-state index contributed by atoms with van der Waals surface area (Å²) in [7, 11) is 0. The van der Waals surface area contributed by atoms with Gasteiger partial charge in [0.15, 0.2) is 0 Å². The molecule has 0 radical (unpaired) electrons. The number of likely N-dealkylation sites (tertiary alicyclic amines) is 1. The lowest BCUT2D eigenvalue weighted by Gasteiger charge is -2.16. The van der Waals surface area contributed by atoms with Gasteiger partial charge in [0.25, 0.3) is 0 Å². The third kappa shape index (κ3) is 3.51. The number of hydrogen-bond donors (Lipinski definition) is 1. The van der Waals surface area contributed by atoms with E-state index in [1.165, 1.54) is 0 Å². The molecule has 2 aliphatic rings. The average Bonchev–Trinajstić information content (AvgIpc) is 3.24. The minimum absolute atomic E-state index is 0.0809. The molecule has 0 bridgehead atoms. The van der Waals surface area contributed by atoms with Crippen molar-refractivity contribution in [2.24, 2.45) is 17.8 Å². The van der Waals surface area contributed by atoms with Crippen LogP contribution in [0.1, 0.15) is 24.8 Å². The first-order valence-corrected chi connectivity index (χ1v) is 8.59. The van der Waals surface area contributed by atoms with Crippen molar-refractivity contribution in [3.63, 3.8) is 0 Å². The van der Waals surface area contributed by atoms with Crippen LogP contribution in [0.15, 0.2) is 28.7 Å². The Morgan fingerprint density at radius 3 is 2.45 bits per heavy atom. The van der Waals surface area contributed by atoms with Gasteiger partial charge in [0.2, 0.25) is 5.91 Å². The topological polar surface area (TPSA) is 57.6 Å². The maximum atomic E-state index is 12.4. The Labute approximate surface area is 138 Å². The van der Waals surface area contributed by atoms with Crippen LogP contribution in [0.5, 0.6) is 0 Å². The van der Waals surface area contributed by atoms with Crippen molar-refractivity contribution in [2.45, 2.75) is 25.7 Å². The number of carbonyl (C=O) groups is 2. The number of aryl methyl sites for hydroxylation is 1. The maximum Gasteiger partial charge on any atom is 0.308 e. The smallest absolute Gasteiger partial charge is 0.308 e. The van der Waals surface area contributed by atoms with E-state index in [0.29, 0.717) is 31.8 Å². The van der Waals surface area contributed by atoms with E-state index in [2.05, 4.69) is 15.9 Å². The summed E-state index contributed by atoms with van der Waals surface area (Å²) in [5.41, 5.74) is 1.13. The molecule has 2 atom stereocenters. The van der Waals surface area contributed by atoms with Crippen LogP contribution in [0.2, 0.25) is 0 Å². The Morgan fingerprint density at radius 2 is 1.86 bits per heavy atom. The van der Waals surface area contributed by atoms with Gasteiger partial charge in [-0.05, 0) is 48.8 Å². The Balaban J connectivity index is 1.56. The number of carbonyl (C=O) groups excluding carboxylic acids is 1. The molecule has 1 aromatic rings. The van der Waals surface area contributed by atoms with Crippen LogP contribution in [0.25, 0.3) is 0 Å². The molecule has 1 amide bonds. The number of hydrogen-bond acceptors (Lipinski definition) is 2. The third-order valence-electron chi connectivity index (χ3n) is 4.80. The highest BCUT2D eigenvalue weighted by Crippen LogP contribution is 2.44. The summed E-state index contributed by atoms with van der Waals surface area (Å²) in [6.07, 6.45) is 3.39. The summed E-state index contributed by atoms with van der Waals surface area (Å²) in [4.78, 5) is 25.5. The molecule has 0 aromatic heterocycles. The summed E-state index contributed by atoms with van der Waals surface area (Å²) >= 11 is 3.39. The van der Waals surface area contributed by atoms with E-state index < -0.39 is 5.97 Å². The van der Waals surface area contributed by atoms with Gasteiger partial charge in [-0.15, -0.1) is 0 Å². The molecule has 1 N–H and O–H groups in total. The highest BCUT2D eigenvalue weighted by Gasteiger charge is 2.46. The molecule has 4 nitrogen and oxygen atoms in total. The molecule has 0 spiro atoms. The van der Waals surface area contributed by atoms with Crippen molar-refractivity contribution < 1.29 is 14.7 Å². The molecule has 3 rings (SSSR count). The van der Waals surface area contributed by atoms with Gasteiger partial charge in [-0.25, -0.2) is 0 Å². The number of rotatable bonds is 5. The van der Waals surface area contributed by atoms with Crippen LogP contribution in [-0.4, -0.2) is 35.0 Å². The lowest BCUT2D eigenvalue weighted by Crippen LogP contribution is -2.30. The zero-order valence-electron chi connectivity index (χ0n) is 12.4. The Morgan fingerprint density at radius 1 is 1.18 bits per heavy atom. The molecular formula is C17H20BrNO3. The second-order valence-corrected chi connectivity index (χ2v) is 7.29. The fraction of sp³-hybridized carbons (Fsp3) is 0.529. The lowest BCUT2D eigenvalue weighted by atomic mass is 9.92. The van der Waals surface area contributed by atoms with Crippen LogP contribution < -0.4 is 0 Å². The van der Waals surface area contributed by atoms with Gasteiger partial charge in [-0.3, -0.25) is 9.59 Å². The lowest BCUT2D eigenvalue weighted by molar-refractivity contribution is -0.142. The first-order chi connectivity index (χ1) is 10.5. The van der Waals surface area contributed by atoms with Crippen molar-refractivity contribution in [1.82, 2.24) is 4.90 Å². The summed E-state index contributed by atoms with van der Waals surface area (Å²) in [6.45, 7) is 1.01. The van der Waals surface area contributed by atoms with Crippen molar-refractivity contribution in [2.75, 3.05) is 13.1 Å². The summed E-state index contributed by atoms with van der Waals surface area (Å²) in [6, 6.07) is 7.96. The summed E-state index contributed by atoms with van der Waals surface area (Å²) in [5, 5.41) is 9.35. The molecule has 1 saturated carbocycles. The van der Waals surface area contributed by atoms with Crippen LogP contribution in [0, 0.1) is 17.8 Å². The minimum atomic E-state index is -0.750. The van der Waals surface area contributed by atoms with E-state index in [4.69, 9.17) is 0 Å². The SMILES string of the molecule is O=C(O)[C@H]1CN(C(=O)CCc2ccc(Br)cc2)C[C@@H]1C1CC1. The van der Waals surface area contributed by atoms with E-state index >= 15 is 0 Å². The standard InChI is InChI=1S/C17H20BrNO3/c18-13-6-1-11(2-7-13)3-8-16(20)19-9-14(12-4-5-12)15(10-19)17(21)22/h1-2,6-7,12,14-15H,3-5,8-10H2,(H,21,22)/t14-,15+/m1/s1. The molecule has 0 unspecified atom stereocenters. The van der Waals surface area contributed by atoms with E-state index in [-0.39, 0.29) is 17.7 Å². The average molecular weight is 366 g/mol. The van der Waals surface area contributed by atoms with E-state index in [9.17, 15) is 14.7 Å². The second kappa shape index (κ2) is 6.41. The van der Waals surface area contributed by atoms with E-state index in [1.54, 1.807) is 4.90 Å².